The quantitative estimate of drug-likeness (QED) is 0.674. The molecule has 1 rings (SSSR count). The summed E-state index contributed by atoms with van der Waals surface area (Å²) in [6, 6.07) is 0. The van der Waals surface area contributed by atoms with Gasteiger partial charge < -0.3 is 0 Å². The summed E-state index contributed by atoms with van der Waals surface area (Å²) in [5, 5.41) is 0. The summed E-state index contributed by atoms with van der Waals surface area (Å²) in [6.07, 6.45) is 3.83. The number of hydrogen-bond donors (Lipinski definition) is 0. The Labute approximate surface area is 84.0 Å². The van der Waals surface area contributed by atoms with Crippen molar-refractivity contribution in [3.63, 3.8) is 0 Å². The molecule has 1 aromatic heterocycles. The molecular weight excluding hydrogens is 178 g/mol. The van der Waals surface area contributed by atoms with Crippen LogP contribution in [-0.4, -0.2) is 35.2 Å². The third kappa shape index (κ3) is 1.96. The van der Waals surface area contributed by atoms with Gasteiger partial charge in [-0.25, -0.2) is 9.97 Å². The summed E-state index contributed by atoms with van der Waals surface area (Å²) in [5.74, 6) is 0.716. The summed E-state index contributed by atoms with van der Waals surface area (Å²) >= 11 is 0. The van der Waals surface area contributed by atoms with E-state index in [0.29, 0.717) is 11.4 Å². The Morgan fingerprint density at radius 1 is 1.29 bits per heavy atom. The van der Waals surface area contributed by atoms with E-state index in [9.17, 15) is 4.79 Å². The molecule has 0 fully saturated rings. The lowest BCUT2D eigenvalue weighted by Gasteiger charge is -2.30. The summed E-state index contributed by atoms with van der Waals surface area (Å²) in [6.45, 7) is 4.06. The minimum Gasteiger partial charge on any atom is -0.298 e. The van der Waals surface area contributed by atoms with E-state index in [1.54, 1.807) is 12.4 Å². The smallest absolute Gasteiger partial charge is 0.153 e. The van der Waals surface area contributed by atoms with E-state index in [1.165, 1.54) is 0 Å². The molecule has 0 aliphatic carbocycles. The molecule has 0 radical (unpaired) electrons. The van der Waals surface area contributed by atoms with Crippen LogP contribution < -0.4 is 0 Å². The van der Waals surface area contributed by atoms with Gasteiger partial charge in [0.2, 0.25) is 0 Å². The molecule has 0 aliphatic rings. The zero-order chi connectivity index (χ0) is 10.8. The number of hydrogen-bond acceptors (Lipinski definition) is 4. The highest BCUT2D eigenvalue weighted by molar-refractivity contribution is 5.73. The minimum atomic E-state index is -0.221. The molecular formula is C10H15N3O. The second kappa shape index (κ2) is 3.84. The summed E-state index contributed by atoms with van der Waals surface area (Å²) in [5.41, 5.74) is 0.282. The van der Waals surface area contributed by atoms with Gasteiger partial charge in [-0.05, 0) is 27.9 Å². The van der Waals surface area contributed by atoms with E-state index in [-0.39, 0.29) is 5.54 Å². The molecule has 1 aromatic rings. The van der Waals surface area contributed by atoms with Gasteiger partial charge in [-0.1, -0.05) is 0 Å². The third-order valence-electron chi connectivity index (χ3n) is 2.47. The molecule has 1 heterocycles. The van der Waals surface area contributed by atoms with Gasteiger partial charge in [0, 0.05) is 12.4 Å². The van der Waals surface area contributed by atoms with Crippen molar-refractivity contribution in [1.82, 2.24) is 14.9 Å². The summed E-state index contributed by atoms with van der Waals surface area (Å²) < 4.78 is 0. The molecule has 0 saturated heterocycles. The average Bonchev–Trinajstić information content (AvgIpc) is 2.17. The number of carbonyl (C=O) groups is 1. The van der Waals surface area contributed by atoms with E-state index < -0.39 is 0 Å². The Kier molecular flexibility index (Phi) is 2.96. The fourth-order valence-corrected chi connectivity index (χ4v) is 0.915. The molecule has 0 saturated carbocycles. The van der Waals surface area contributed by atoms with Crippen molar-refractivity contribution in [2.75, 3.05) is 14.1 Å². The van der Waals surface area contributed by atoms with Gasteiger partial charge in [0.05, 0.1) is 11.1 Å². The van der Waals surface area contributed by atoms with Crippen LogP contribution in [0.1, 0.15) is 30.0 Å². The Morgan fingerprint density at radius 3 is 2.14 bits per heavy atom. The number of carbonyl (C=O) groups excluding carboxylic acids is 1. The van der Waals surface area contributed by atoms with Crippen LogP contribution in [0.3, 0.4) is 0 Å². The van der Waals surface area contributed by atoms with Crippen LogP contribution >= 0.6 is 0 Å². The average molecular weight is 193 g/mol. The van der Waals surface area contributed by atoms with Crippen molar-refractivity contribution in [3.05, 3.63) is 23.8 Å². The molecule has 0 spiro atoms. The first-order valence-electron chi connectivity index (χ1n) is 4.43. The molecule has 0 unspecified atom stereocenters. The Balaban J connectivity index is 3.02. The monoisotopic (exact) mass is 193 g/mol. The van der Waals surface area contributed by atoms with Gasteiger partial charge in [0.15, 0.2) is 6.29 Å². The molecule has 14 heavy (non-hydrogen) atoms. The van der Waals surface area contributed by atoms with Crippen LogP contribution in [0, 0.1) is 0 Å². The van der Waals surface area contributed by atoms with Crippen LogP contribution in [0.25, 0.3) is 0 Å². The van der Waals surface area contributed by atoms with Crippen LogP contribution in [0.2, 0.25) is 0 Å². The third-order valence-corrected chi connectivity index (χ3v) is 2.47. The highest BCUT2D eigenvalue weighted by Crippen LogP contribution is 2.20. The van der Waals surface area contributed by atoms with Gasteiger partial charge in [-0.3, -0.25) is 9.69 Å². The van der Waals surface area contributed by atoms with Gasteiger partial charge >= 0.3 is 0 Å². The molecule has 4 heteroatoms. The van der Waals surface area contributed by atoms with Crippen LogP contribution in [-0.2, 0) is 5.54 Å². The van der Waals surface area contributed by atoms with Crippen LogP contribution in [0.15, 0.2) is 12.4 Å². The first kappa shape index (κ1) is 10.8. The molecule has 0 amide bonds. The maximum Gasteiger partial charge on any atom is 0.153 e. The highest BCUT2D eigenvalue weighted by Gasteiger charge is 2.25. The Hall–Kier alpha value is -1.29. The van der Waals surface area contributed by atoms with Gasteiger partial charge in [0.25, 0.3) is 0 Å². The molecule has 0 bridgehead atoms. The van der Waals surface area contributed by atoms with Crippen molar-refractivity contribution < 1.29 is 4.79 Å². The molecule has 76 valence electrons. The lowest BCUT2D eigenvalue weighted by Crippen LogP contribution is -2.37. The van der Waals surface area contributed by atoms with E-state index in [4.69, 9.17) is 0 Å². The van der Waals surface area contributed by atoms with Gasteiger partial charge in [0.1, 0.15) is 5.82 Å². The second-order valence-corrected chi connectivity index (χ2v) is 3.91. The zero-order valence-corrected chi connectivity index (χ0v) is 8.98. The summed E-state index contributed by atoms with van der Waals surface area (Å²) in [7, 11) is 3.94. The van der Waals surface area contributed by atoms with E-state index in [0.717, 1.165) is 6.29 Å². The van der Waals surface area contributed by atoms with E-state index >= 15 is 0 Å². The van der Waals surface area contributed by atoms with Crippen LogP contribution in [0.5, 0.6) is 0 Å². The zero-order valence-electron chi connectivity index (χ0n) is 8.98. The first-order chi connectivity index (χ1) is 6.48. The largest absolute Gasteiger partial charge is 0.298 e. The molecule has 0 aromatic carbocycles. The fraction of sp³-hybridized carbons (Fsp3) is 0.500. The van der Waals surface area contributed by atoms with Crippen molar-refractivity contribution in [3.8, 4) is 0 Å². The number of nitrogens with zero attached hydrogens (tertiary/aromatic N) is 3. The SMILES string of the molecule is CN(C)C(C)(C)c1ncc(C=O)cn1. The number of rotatable bonds is 3. The Bertz CT molecular complexity index is 317. The second-order valence-electron chi connectivity index (χ2n) is 3.91. The van der Waals surface area contributed by atoms with Crippen LogP contribution in [0.4, 0.5) is 0 Å². The molecule has 0 N–H and O–H groups in total. The first-order valence-corrected chi connectivity index (χ1v) is 4.43. The van der Waals surface area contributed by atoms with Crippen molar-refractivity contribution >= 4 is 6.29 Å². The fourth-order valence-electron chi connectivity index (χ4n) is 0.915. The topological polar surface area (TPSA) is 46.1 Å². The molecule has 0 aliphatic heterocycles. The summed E-state index contributed by atoms with van der Waals surface area (Å²) in [4.78, 5) is 20.8. The predicted molar refractivity (Wildman–Crippen MR) is 54.1 cm³/mol. The maximum absolute atomic E-state index is 10.4. The molecule has 4 nitrogen and oxygen atoms in total. The lowest BCUT2D eigenvalue weighted by atomic mass is 10.0. The number of aldehydes is 1. The van der Waals surface area contributed by atoms with Gasteiger partial charge in [-0.2, -0.15) is 0 Å². The van der Waals surface area contributed by atoms with E-state index in [1.807, 2.05) is 32.8 Å². The molecule has 0 atom stereocenters. The standard InChI is InChI=1S/C10H15N3O/c1-10(2,13(3)4)9-11-5-8(7-14)6-12-9/h5-7H,1-4H3. The highest BCUT2D eigenvalue weighted by atomic mass is 16.1. The predicted octanol–water partition coefficient (Wildman–Crippen LogP) is 1.09. The normalized spacial score (nSPS) is 11.8. The van der Waals surface area contributed by atoms with Crippen molar-refractivity contribution in [1.29, 1.82) is 0 Å². The maximum atomic E-state index is 10.4. The Morgan fingerprint density at radius 2 is 1.79 bits per heavy atom. The van der Waals surface area contributed by atoms with E-state index in [2.05, 4.69) is 9.97 Å². The van der Waals surface area contributed by atoms with Crippen molar-refractivity contribution in [2.24, 2.45) is 0 Å². The van der Waals surface area contributed by atoms with Gasteiger partial charge in [-0.15, -0.1) is 0 Å². The van der Waals surface area contributed by atoms with Crippen molar-refractivity contribution in [2.45, 2.75) is 19.4 Å². The minimum absolute atomic E-state index is 0.221. The lowest BCUT2D eigenvalue weighted by molar-refractivity contribution is 0.112. The number of aromatic nitrogens is 2.